The zero-order valence-electron chi connectivity index (χ0n) is 17.9. The lowest BCUT2D eigenvalue weighted by atomic mass is 9.98. The summed E-state index contributed by atoms with van der Waals surface area (Å²) in [5.41, 5.74) is 3.11. The maximum Gasteiger partial charge on any atom is 0.321 e. The Balaban J connectivity index is 1.32. The summed E-state index contributed by atoms with van der Waals surface area (Å²) in [5, 5.41) is 14.6. The third-order valence-electron chi connectivity index (χ3n) is 5.51. The molecule has 0 atom stereocenters. The number of aromatic nitrogens is 2. The molecule has 1 aromatic heterocycles. The summed E-state index contributed by atoms with van der Waals surface area (Å²) in [7, 11) is 0. The highest BCUT2D eigenvalue weighted by Crippen LogP contribution is 2.31. The highest BCUT2D eigenvalue weighted by molar-refractivity contribution is 7.13. The molecule has 0 bridgehead atoms. The minimum Gasteiger partial charge on any atom is -0.324 e. The molecule has 2 N–H and O–H groups in total. The van der Waals surface area contributed by atoms with Crippen LogP contribution < -0.4 is 10.6 Å². The average Bonchev–Trinajstić information content (AvgIpc) is 3.28. The number of benzene rings is 2. The molecular weight excluding hydrogens is 429 g/mol. The number of likely N-dealkylation sites (tertiary alicyclic amines) is 1. The van der Waals surface area contributed by atoms with Gasteiger partial charge in [-0.25, -0.2) is 9.18 Å². The summed E-state index contributed by atoms with van der Waals surface area (Å²) in [6, 6.07) is 11.8. The number of nitrogens with zero attached hydrogens (tertiary/aromatic N) is 3. The number of nitrogens with one attached hydrogen (secondary N) is 2. The quantitative estimate of drug-likeness (QED) is 0.585. The molecule has 1 aliphatic heterocycles. The Kier molecular flexibility index (Phi) is 6.45. The standard InChI is InChI=1S/C23H24FN5O2S/c1-14-7-8-18(15(2)13-14)26-23(31)29-11-9-16(10-12-29)21-27-28-22(32-21)20(30)25-19-6-4-3-5-17(19)24/h3-8,13,16H,9-12H2,1-2H3,(H,25,30)(H,26,31). The predicted octanol–water partition coefficient (Wildman–Crippen LogP) is 4.96. The number of amides is 3. The molecule has 166 valence electrons. The molecule has 2 heterocycles. The van der Waals surface area contributed by atoms with Crippen LogP contribution in [-0.2, 0) is 0 Å². The Morgan fingerprint density at radius 3 is 2.50 bits per heavy atom. The highest BCUT2D eigenvalue weighted by Gasteiger charge is 2.27. The number of anilines is 2. The van der Waals surface area contributed by atoms with E-state index in [4.69, 9.17) is 0 Å². The maximum atomic E-state index is 13.8. The van der Waals surface area contributed by atoms with E-state index < -0.39 is 11.7 Å². The Hall–Kier alpha value is -3.33. The Morgan fingerprint density at radius 2 is 1.78 bits per heavy atom. The van der Waals surface area contributed by atoms with Crippen LogP contribution in [0, 0.1) is 19.7 Å². The van der Waals surface area contributed by atoms with E-state index >= 15 is 0 Å². The topological polar surface area (TPSA) is 87.2 Å². The summed E-state index contributed by atoms with van der Waals surface area (Å²) < 4.78 is 13.8. The molecule has 0 aliphatic carbocycles. The van der Waals surface area contributed by atoms with Gasteiger partial charge in [0.15, 0.2) is 0 Å². The Morgan fingerprint density at radius 1 is 1.03 bits per heavy atom. The summed E-state index contributed by atoms with van der Waals surface area (Å²) in [5.74, 6) is -0.853. The van der Waals surface area contributed by atoms with Gasteiger partial charge in [-0.1, -0.05) is 41.2 Å². The van der Waals surface area contributed by atoms with E-state index in [0.717, 1.165) is 34.7 Å². The molecule has 4 rings (SSSR count). The second kappa shape index (κ2) is 9.44. The fourth-order valence-electron chi connectivity index (χ4n) is 3.71. The van der Waals surface area contributed by atoms with Crippen LogP contribution in [0.3, 0.4) is 0 Å². The molecule has 0 radical (unpaired) electrons. The van der Waals surface area contributed by atoms with Gasteiger partial charge in [0.25, 0.3) is 5.91 Å². The number of urea groups is 1. The normalized spacial score (nSPS) is 14.3. The third-order valence-corrected chi connectivity index (χ3v) is 6.60. The van der Waals surface area contributed by atoms with Gasteiger partial charge in [0.2, 0.25) is 5.01 Å². The zero-order chi connectivity index (χ0) is 22.7. The van der Waals surface area contributed by atoms with Crippen molar-refractivity contribution < 1.29 is 14.0 Å². The van der Waals surface area contributed by atoms with Crippen molar-refractivity contribution in [2.45, 2.75) is 32.6 Å². The summed E-state index contributed by atoms with van der Waals surface area (Å²) in [6.07, 6.45) is 1.48. The van der Waals surface area contributed by atoms with Crippen LogP contribution in [0.25, 0.3) is 0 Å². The number of halogens is 1. The van der Waals surface area contributed by atoms with Crippen molar-refractivity contribution >= 4 is 34.6 Å². The fraction of sp³-hybridized carbons (Fsp3) is 0.304. The third kappa shape index (κ3) is 4.94. The summed E-state index contributed by atoms with van der Waals surface area (Å²) in [4.78, 5) is 26.8. The van der Waals surface area contributed by atoms with Gasteiger partial charge in [0.1, 0.15) is 10.8 Å². The van der Waals surface area contributed by atoms with Crippen LogP contribution in [-0.4, -0.2) is 40.1 Å². The number of rotatable bonds is 4. The summed E-state index contributed by atoms with van der Waals surface area (Å²) in [6.45, 7) is 5.19. The van der Waals surface area contributed by atoms with Gasteiger partial charge in [0.05, 0.1) is 5.69 Å². The minimum atomic E-state index is -0.503. The van der Waals surface area contributed by atoms with Crippen LogP contribution in [0.4, 0.5) is 20.6 Å². The first-order valence-electron chi connectivity index (χ1n) is 10.4. The molecule has 1 aliphatic rings. The lowest BCUT2D eigenvalue weighted by Crippen LogP contribution is -2.40. The minimum absolute atomic E-state index is 0.109. The van der Waals surface area contributed by atoms with Gasteiger partial charge in [-0.2, -0.15) is 0 Å². The molecule has 3 aromatic rings. The molecule has 3 amide bonds. The van der Waals surface area contributed by atoms with Crippen molar-refractivity contribution in [2.24, 2.45) is 0 Å². The Bertz CT molecular complexity index is 1140. The van der Waals surface area contributed by atoms with Crippen LogP contribution in [0.1, 0.15) is 44.7 Å². The first-order chi connectivity index (χ1) is 15.4. The van der Waals surface area contributed by atoms with Crippen molar-refractivity contribution in [3.8, 4) is 0 Å². The average molecular weight is 454 g/mol. The van der Waals surface area contributed by atoms with Crippen molar-refractivity contribution in [1.29, 1.82) is 0 Å². The SMILES string of the molecule is Cc1ccc(NC(=O)N2CCC(c3nnc(C(=O)Nc4ccccc4F)s3)CC2)c(C)c1. The van der Waals surface area contributed by atoms with E-state index in [1.807, 2.05) is 32.0 Å². The van der Waals surface area contributed by atoms with E-state index in [0.29, 0.717) is 13.1 Å². The first-order valence-corrected chi connectivity index (χ1v) is 11.2. The zero-order valence-corrected chi connectivity index (χ0v) is 18.7. The molecular formula is C23H24FN5O2S. The van der Waals surface area contributed by atoms with Crippen molar-refractivity contribution in [3.63, 3.8) is 0 Å². The lowest BCUT2D eigenvalue weighted by molar-refractivity contribution is 0.102. The molecule has 9 heteroatoms. The van der Waals surface area contributed by atoms with Crippen molar-refractivity contribution in [2.75, 3.05) is 23.7 Å². The maximum absolute atomic E-state index is 13.8. The molecule has 0 saturated carbocycles. The van der Waals surface area contributed by atoms with Gasteiger partial charge in [-0.3, -0.25) is 4.79 Å². The highest BCUT2D eigenvalue weighted by atomic mass is 32.1. The second-order valence-electron chi connectivity index (χ2n) is 7.89. The fourth-order valence-corrected chi connectivity index (χ4v) is 4.61. The van der Waals surface area contributed by atoms with Gasteiger partial charge in [-0.15, -0.1) is 10.2 Å². The molecule has 7 nitrogen and oxygen atoms in total. The number of para-hydroxylation sites is 1. The number of carbonyl (C=O) groups is 2. The molecule has 0 unspecified atom stereocenters. The van der Waals surface area contributed by atoms with E-state index in [9.17, 15) is 14.0 Å². The molecule has 1 fully saturated rings. The van der Waals surface area contributed by atoms with Crippen LogP contribution in [0.2, 0.25) is 0 Å². The van der Waals surface area contributed by atoms with Crippen LogP contribution in [0.5, 0.6) is 0 Å². The van der Waals surface area contributed by atoms with Gasteiger partial charge < -0.3 is 15.5 Å². The monoisotopic (exact) mass is 453 g/mol. The molecule has 0 spiro atoms. The number of hydrogen-bond acceptors (Lipinski definition) is 5. The lowest BCUT2D eigenvalue weighted by Gasteiger charge is -2.31. The summed E-state index contributed by atoms with van der Waals surface area (Å²) >= 11 is 1.21. The first kappa shape index (κ1) is 21.9. The number of piperidine rings is 1. The molecule has 32 heavy (non-hydrogen) atoms. The Labute approximate surface area is 189 Å². The second-order valence-corrected chi connectivity index (χ2v) is 8.90. The number of hydrogen-bond donors (Lipinski definition) is 2. The van der Waals surface area contributed by atoms with E-state index in [1.54, 1.807) is 17.0 Å². The predicted molar refractivity (Wildman–Crippen MR) is 123 cm³/mol. The van der Waals surface area contributed by atoms with E-state index in [1.165, 1.54) is 23.5 Å². The number of carbonyl (C=O) groups excluding carboxylic acids is 2. The van der Waals surface area contributed by atoms with E-state index in [-0.39, 0.29) is 22.6 Å². The van der Waals surface area contributed by atoms with Gasteiger partial charge >= 0.3 is 6.03 Å². The number of aryl methyl sites for hydroxylation is 2. The smallest absolute Gasteiger partial charge is 0.321 e. The largest absolute Gasteiger partial charge is 0.324 e. The van der Waals surface area contributed by atoms with Gasteiger partial charge in [0, 0.05) is 24.7 Å². The van der Waals surface area contributed by atoms with E-state index in [2.05, 4.69) is 20.8 Å². The van der Waals surface area contributed by atoms with Crippen LogP contribution in [0.15, 0.2) is 42.5 Å². The van der Waals surface area contributed by atoms with Crippen molar-refractivity contribution in [1.82, 2.24) is 15.1 Å². The van der Waals surface area contributed by atoms with Crippen LogP contribution >= 0.6 is 11.3 Å². The van der Waals surface area contributed by atoms with Gasteiger partial charge in [-0.05, 0) is 50.5 Å². The van der Waals surface area contributed by atoms with Crippen molar-refractivity contribution in [3.05, 3.63) is 69.4 Å². The molecule has 1 saturated heterocycles. The molecule has 2 aromatic carbocycles.